The minimum absolute atomic E-state index is 0.190. The van der Waals surface area contributed by atoms with Gasteiger partial charge in [-0.05, 0) is 37.6 Å². The van der Waals surface area contributed by atoms with Crippen molar-refractivity contribution in [1.29, 1.82) is 0 Å². The number of anilines is 1. The number of fused-ring (bicyclic) bond motifs is 1. The van der Waals surface area contributed by atoms with Crippen molar-refractivity contribution in [1.82, 2.24) is 24.6 Å². The van der Waals surface area contributed by atoms with Crippen LogP contribution in [0.5, 0.6) is 0 Å². The summed E-state index contributed by atoms with van der Waals surface area (Å²) < 4.78 is 15.3. The van der Waals surface area contributed by atoms with E-state index in [1.54, 1.807) is 16.8 Å². The molecule has 2 aromatic heterocycles. The summed E-state index contributed by atoms with van der Waals surface area (Å²) in [6.07, 6.45) is 2.57. The van der Waals surface area contributed by atoms with Gasteiger partial charge in [0.15, 0.2) is 5.65 Å². The van der Waals surface area contributed by atoms with Crippen molar-refractivity contribution in [3.8, 4) is 5.69 Å². The van der Waals surface area contributed by atoms with E-state index in [-0.39, 0.29) is 17.6 Å². The van der Waals surface area contributed by atoms with E-state index < -0.39 is 0 Å². The fraction of sp³-hybridized carbons (Fsp3) is 0.500. The molecule has 1 unspecified atom stereocenters. The van der Waals surface area contributed by atoms with Crippen LogP contribution in [0.4, 0.5) is 10.2 Å². The van der Waals surface area contributed by atoms with Gasteiger partial charge in [-0.3, -0.25) is 4.79 Å². The molecule has 1 aliphatic heterocycles. The molecular formula is C24H31FN6O. The van der Waals surface area contributed by atoms with Crippen LogP contribution in [0.1, 0.15) is 57.5 Å². The molecule has 1 amide bonds. The molecule has 3 aromatic rings. The smallest absolute Gasteiger partial charge is 0.222 e. The van der Waals surface area contributed by atoms with Crippen molar-refractivity contribution in [2.75, 3.05) is 31.1 Å². The molecule has 0 N–H and O–H groups in total. The second-order valence-corrected chi connectivity index (χ2v) is 8.49. The normalized spacial score (nSPS) is 15.4. The van der Waals surface area contributed by atoms with Crippen LogP contribution in [0.15, 0.2) is 24.3 Å². The second-order valence-electron chi connectivity index (χ2n) is 8.49. The van der Waals surface area contributed by atoms with E-state index in [0.29, 0.717) is 19.5 Å². The standard InChI is InChI=1S/C24H31FN6O/c1-5-7-16(3)22-26-23(30-14-12-29(13-15-30)20(32)6-2)21-17(4)28-31(24(21)27-22)19-10-8-18(25)9-11-19/h8-11,16H,5-7,12-15H2,1-4H3. The quantitative estimate of drug-likeness (QED) is 0.576. The molecule has 1 aliphatic rings. The van der Waals surface area contributed by atoms with E-state index >= 15 is 0 Å². The molecule has 4 rings (SSSR count). The summed E-state index contributed by atoms with van der Waals surface area (Å²) >= 11 is 0. The number of carbonyl (C=O) groups is 1. The molecule has 7 nitrogen and oxygen atoms in total. The van der Waals surface area contributed by atoms with Crippen molar-refractivity contribution in [3.05, 3.63) is 41.6 Å². The van der Waals surface area contributed by atoms with Gasteiger partial charge in [-0.2, -0.15) is 5.10 Å². The maximum absolute atomic E-state index is 13.5. The molecule has 8 heteroatoms. The summed E-state index contributed by atoms with van der Waals surface area (Å²) in [6.45, 7) is 11.0. The van der Waals surface area contributed by atoms with Crippen molar-refractivity contribution in [2.45, 2.75) is 52.9 Å². The van der Waals surface area contributed by atoms with Gasteiger partial charge in [0, 0.05) is 38.5 Å². The third-order valence-corrected chi connectivity index (χ3v) is 6.17. The van der Waals surface area contributed by atoms with E-state index in [1.807, 2.05) is 18.7 Å². The number of rotatable bonds is 6. The summed E-state index contributed by atoms with van der Waals surface area (Å²) in [5, 5.41) is 5.66. The lowest BCUT2D eigenvalue weighted by molar-refractivity contribution is -0.131. The maximum Gasteiger partial charge on any atom is 0.222 e. The number of hydrogen-bond donors (Lipinski definition) is 0. The van der Waals surface area contributed by atoms with Crippen LogP contribution in [0, 0.1) is 12.7 Å². The predicted molar refractivity (Wildman–Crippen MR) is 124 cm³/mol. The Bertz CT molecular complexity index is 1100. The van der Waals surface area contributed by atoms with Gasteiger partial charge < -0.3 is 9.80 Å². The Kier molecular flexibility index (Phi) is 6.39. The van der Waals surface area contributed by atoms with Gasteiger partial charge in [0.1, 0.15) is 17.5 Å². The molecule has 0 spiro atoms. The van der Waals surface area contributed by atoms with E-state index in [2.05, 4.69) is 18.7 Å². The number of aryl methyl sites for hydroxylation is 1. The number of piperazine rings is 1. The highest BCUT2D eigenvalue weighted by molar-refractivity contribution is 5.91. The van der Waals surface area contributed by atoms with Gasteiger partial charge in [0.25, 0.3) is 0 Å². The number of carbonyl (C=O) groups excluding carboxylic acids is 1. The molecule has 3 heterocycles. The Morgan fingerprint density at radius 3 is 2.41 bits per heavy atom. The molecule has 1 fully saturated rings. The Morgan fingerprint density at radius 2 is 1.78 bits per heavy atom. The molecule has 0 radical (unpaired) electrons. The predicted octanol–water partition coefficient (Wildman–Crippen LogP) is 4.23. The van der Waals surface area contributed by atoms with Crippen molar-refractivity contribution < 1.29 is 9.18 Å². The summed E-state index contributed by atoms with van der Waals surface area (Å²) in [5.41, 5.74) is 2.34. The molecule has 0 bridgehead atoms. The number of nitrogens with zero attached hydrogens (tertiary/aromatic N) is 6. The van der Waals surface area contributed by atoms with Crippen LogP contribution < -0.4 is 4.90 Å². The molecule has 1 saturated heterocycles. The number of hydrogen-bond acceptors (Lipinski definition) is 5. The number of benzene rings is 1. The first-order valence-electron chi connectivity index (χ1n) is 11.5. The van der Waals surface area contributed by atoms with Crippen LogP contribution in [0.25, 0.3) is 16.7 Å². The lowest BCUT2D eigenvalue weighted by Crippen LogP contribution is -2.49. The fourth-order valence-electron chi connectivity index (χ4n) is 4.34. The Labute approximate surface area is 188 Å². The van der Waals surface area contributed by atoms with Crippen LogP contribution in [0.2, 0.25) is 0 Å². The van der Waals surface area contributed by atoms with Crippen molar-refractivity contribution in [2.24, 2.45) is 0 Å². The van der Waals surface area contributed by atoms with Crippen molar-refractivity contribution >= 4 is 22.8 Å². The summed E-state index contributed by atoms with van der Waals surface area (Å²) in [4.78, 5) is 26.2. The zero-order valence-electron chi connectivity index (χ0n) is 19.3. The summed E-state index contributed by atoms with van der Waals surface area (Å²) in [7, 11) is 0. The molecule has 0 saturated carbocycles. The van der Waals surface area contributed by atoms with E-state index in [4.69, 9.17) is 15.1 Å². The maximum atomic E-state index is 13.5. The van der Waals surface area contributed by atoms with E-state index in [0.717, 1.165) is 60.0 Å². The molecular weight excluding hydrogens is 407 g/mol. The van der Waals surface area contributed by atoms with E-state index in [1.165, 1.54) is 12.1 Å². The SMILES string of the molecule is CCCC(C)c1nc(N2CCN(C(=O)CC)CC2)c2c(C)nn(-c3ccc(F)cc3)c2n1. The lowest BCUT2D eigenvalue weighted by atomic mass is 10.1. The molecule has 1 aromatic carbocycles. The van der Waals surface area contributed by atoms with Gasteiger partial charge in [-0.15, -0.1) is 0 Å². The first-order chi connectivity index (χ1) is 15.4. The van der Waals surface area contributed by atoms with Gasteiger partial charge in [-0.25, -0.2) is 19.0 Å². The van der Waals surface area contributed by atoms with Gasteiger partial charge in [-0.1, -0.05) is 27.2 Å². The van der Waals surface area contributed by atoms with Gasteiger partial charge in [0.05, 0.1) is 16.8 Å². The number of amides is 1. The largest absolute Gasteiger partial charge is 0.352 e. The Hall–Kier alpha value is -3.03. The number of halogens is 1. The molecule has 32 heavy (non-hydrogen) atoms. The highest BCUT2D eigenvalue weighted by Gasteiger charge is 2.26. The summed E-state index contributed by atoms with van der Waals surface area (Å²) in [5.74, 6) is 1.79. The number of aromatic nitrogens is 4. The lowest BCUT2D eigenvalue weighted by Gasteiger charge is -2.35. The van der Waals surface area contributed by atoms with Crippen LogP contribution in [-0.2, 0) is 4.79 Å². The van der Waals surface area contributed by atoms with Gasteiger partial charge in [0.2, 0.25) is 5.91 Å². The highest BCUT2D eigenvalue weighted by atomic mass is 19.1. The first kappa shape index (κ1) is 22.2. The molecule has 170 valence electrons. The Balaban J connectivity index is 1.81. The average Bonchev–Trinajstić information content (AvgIpc) is 3.15. The monoisotopic (exact) mass is 438 g/mol. The third kappa shape index (κ3) is 4.18. The van der Waals surface area contributed by atoms with Gasteiger partial charge >= 0.3 is 0 Å². The summed E-state index contributed by atoms with van der Waals surface area (Å²) in [6, 6.07) is 6.30. The molecule has 1 atom stereocenters. The van der Waals surface area contributed by atoms with Crippen LogP contribution in [0.3, 0.4) is 0 Å². The zero-order valence-corrected chi connectivity index (χ0v) is 19.3. The fourth-order valence-corrected chi connectivity index (χ4v) is 4.34. The van der Waals surface area contributed by atoms with Crippen LogP contribution >= 0.6 is 0 Å². The molecule has 0 aliphatic carbocycles. The highest BCUT2D eigenvalue weighted by Crippen LogP contribution is 2.32. The van der Waals surface area contributed by atoms with E-state index in [9.17, 15) is 9.18 Å². The minimum atomic E-state index is -0.283. The Morgan fingerprint density at radius 1 is 1.09 bits per heavy atom. The minimum Gasteiger partial charge on any atom is -0.352 e. The van der Waals surface area contributed by atoms with Crippen LogP contribution in [-0.4, -0.2) is 56.7 Å². The third-order valence-electron chi connectivity index (χ3n) is 6.17. The zero-order chi connectivity index (χ0) is 22.8. The first-order valence-corrected chi connectivity index (χ1v) is 11.5. The topological polar surface area (TPSA) is 67.2 Å². The van der Waals surface area contributed by atoms with Crippen molar-refractivity contribution in [3.63, 3.8) is 0 Å². The second kappa shape index (κ2) is 9.22. The average molecular weight is 439 g/mol.